The highest BCUT2D eigenvalue weighted by molar-refractivity contribution is 5.77. The van der Waals surface area contributed by atoms with Crippen molar-refractivity contribution in [2.24, 2.45) is 35.0 Å². The first-order chi connectivity index (χ1) is 15.0. The van der Waals surface area contributed by atoms with Crippen LogP contribution < -0.4 is 0 Å². The zero-order chi connectivity index (χ0) is 23.6. The van der Waals surface area contributed by atoms with Crippen LogP contribution in [0.3, 0.4) is 0 Å². The number of aliphatic hydroxyl groups excluding tert-OH is 1. The van der Waals surface area contributed by atoms with Crippen molar-refractivity contribution in [2.75, 3.05) is 6.61 Å². The summed E-state index contributed by atoms with van der Waals surface area (Å²) in [4.78, 5) is 36.8. The molecule has 0 aromatic rings. The second-order valence-corrected chi connectivity index (χ2v) is 10.1. The van der Waals surface area contributed by atoms with E-state index in [1.165, 1.54) is 0 Å². The Bertz CT molecular complexity index is 796. The lowest BCUT2D eigenvalue weighted by atomic mass is 9.64. The van der Waals surface area contributed by atoms with E-state index < -0.39 is 35.4 Å². The van der Waals surface area contributed by atoms with Gasteiger partial charge in [-0.3, -0.25) is 14.4 Å². The summed E-state index contributed by atoms with van der Waals surface area (Å²) >= 11 is 0. The molecule has 0 saturated carbocycles. The minimum atomic E-state index is -0.927. The van der Waals surface area contributed by atoms with Crippen molar-refractivity contribution in [3.63, 3.8) is 0 Å². The van der Waals surface area contributed by atoms with Crippen LogP contribution in [0.15, 0.2) is 23.8 Å². The first-order valence-electron chi connectivity index (χ1n) is 11.7. The summed E-state index contributed by atoms with van der Waals surface area (Å²) in [6, 6.07) is 0. The van der Waals surface area contributed by atoms with Crippen LogP contribution in [0.1, 0.15) is 59.8 Å². The van der Waals surface area contributed by atoms with Crippen LogP contribution in [0.4, 0.5) is 0 Å². The number of cyclic esters (lactones) is 1. The number of esters is 2. The molecule has 0 radical (unpaired) electrons. The zero-order valence-corrected chi connectivity index (χ0v) is 19.5. The molecule has 1 aliphatic heterocycles. The predicted molar refractivity (Wildman–Crippen MR) is 117 cm³/mol. The molecular formula is C25H36O7. The smallest absolute Gasteiger partial charge is 0.311 e. The number of hydrogen-bond acceptors (Lipinski definition) is 6. The second kappa shape index (κ2) is 9.77. The largest absolute Gasteiger partial charge is 0.481 e. The van der Waals surface area contributed by atoms with Crippen LogP contribution in [0.5, 0.6) is 0 Å². The number of allylic oxidation sites excluding steroid dienone is 2. The lowest BCUT2D eigenvalue weighted by molar-refractivity contribution is -0.166. The number of fused-ring (bicyclic) bond motifs is 1. The molecule has 0 amide bonds. The Kier molecular flexibility index (Phi) is 7.48. The lowest BCUT2D eigenvalue weighted by Crippen LogP contribution is -2.44. The number of carboxylic acids is 1. The molecule has 7 nitrogen and oxygen atoms in total. The van der Waals surface area contributed by atoms with E-state index in [9.17, 15) is 24.6 Å². The third-order valence-electron chi connectivity index (χ3n) is 7.64. The Hall–Kier alpha value is -2.15. The van der Waals surface area contributed by atoms with Gasteiger partial charge in [-0.25, -0.2) is 0 Å². The Balaban J connectivity index is 1.86. The summed E-state index contributed by atoms with van der Waals surface area (Å²) in [7, 11) is 0. The van der Waals surface area contributed by atoms with Crippen LogP contribution in [-0.2, 0) is 23.9 Å². The topological polar surface area (TPSA) is 110 Å². The molecular weight excluding hydrogens is 412 g/mol. The van der Waals surface area contributed by atoms with E-state index in [1.807, 2.05) is 26.8 Å². The normalized spacial score (nSPS) is 34.8. The molecule has 3 aliphatic rings. The number of carbonyl (C=O) groups excluding carboxylic acids is 2. The van der Waals surface area contributed by atoms with Crippen LogP contribution in [0, 0.1) is 35.0 Å². The zero-order valence-electron chi connectivity index (χ0n) is 19.5. The minimum absolute atomic E-state index is 0.0606. The average Bonchev–Trinajstić information content (AvgIpc) is 2.74. The molecule has 178 valence electrons. The number of rotatable bonds is 7. The summed E-state index contributed by atoms with van der Waals surface area (Å²) in [6.07, 6.45) is 6.97. The third kappa shape index (κ3) is 5.08. The van der Waals surface area contributed by atoms with Gasteiger partial charge in [-0.05, 0) is 50.5 Å². The minimum Gasteiger partial charge on any atom is -0.481 e. The van der Waals surface area contributed by atoms with E-state index >= 15 is 0 Å². The van der Waals surface area contributed by atoms with Crippen LogP contribution >= 0.6 is 0 Å². The first-order valence-corrected chi connectivity index (χ1v) is 11.7. The molecule has 0 aromatic heterocycles. The van der Waals surface area contributed by atoms with Crippen molar-refractivity contribution >= 4 is 17.9 Å². The molecule has 1 fully saturated rings. The van der Waals surface area contributed by atoms with E-state index in [2.05, 4.69) is 13.0 Å². The van der Waals surface area contributed by atoms with Crippen LogP contribution in [-0.4, -0.2) is 46.9 Å². The van der Waals surface area contributed by atoms with Gasteiger partial charge in [0.2, 0.25) is 0 Å². The van der Waals surface area contributed by atoms with Crippen LogP contribution in [0.2, 0.25) is 0 Å². The quantitative estimate of drug-likeness (QED) is 0.574. The summed E-state index contributed by atoms with van der Waals surface area (Å²) in [5.41, 5.74) is 0.229. The molecule has 3 rings (SSSR count). The number of aliphatic hydroxyl groups is 1. The first kappa shape index (κ1) is 24.5. The van der Waals surface area contributed by atoms with Gasteiger partial charge in [-0.15, -0.1) is 0 Å². The molecule has 0 aromatic carbocycles. The highest BCUT2D eigenvalue weighted by atomic mass is 16.5. The molecule has 1 saturated heterocycles. The van der Waals surface area contributed by atoms with Crippen molar-refractivity contribution in [2.45, 2.75) is 72.0 Å². The molecule has 32 heavy (non-hydrogen) atoms. The monoisotopic (exact) mass is 448 g/mol. The number of hydrogen-bond donors (Lipinski definition) is 2. The van der Waals surface area contributed by atoms with Crippen molar-refractivity contribution in [1.29, 1.82) is 0 Å². The Labute approximate surface area is 189 Å². The molecule has 2 aliphatic carbocycles. The average molecular weight is 449 g/mol. The number of ether oxygens (including phenoxy) is 2. The van der Waals surface area contributed by atoms with E-state index in [1.54, 1.807) is 6.08 Å². The van der Waals surface area contributed by atoms with Gasteiger partial charge in [0.05, 0.1) is 30.0 Å². The van der Waals surface area contributed by atoms with Crippen molar-refractivity contribution in [3.05, 3.63) is 23.8 Å². The summed E-state index contributed by atoms with van der Waals surface area (Å²) in [5, 5.41) is 19.9. The molecule has 0 bridgehead atoms. The fourth-order valence-corrected chi connectivity index (χ4v) is 5.05. The van der Waals surface area contributed by atoms with E-state index in [4.69, 9.17) is 9.47 Å². The number of aliphatic carboxylic acids is 1. The standard InChI is InChI=1S/C25H36O7/c1-5-25(3,4)24(30)32-20-13-16(22(27)28)12-15-7-6-14(2)17(21(15)20)8-9-18-19(26)10-11-31-23(18)29/h6-7,12,14,16-21,26H,5,8-11,13H2,1-4H3,(H,27,28)/t14-,16-,17-,18?,19+,20-,21-/m0/s1. The van der Waals surface area contributed by atoms with Gasteiger partial charge in [0.15, 0.2) is 0 Å². The highest BCUT2D eigenvalue weighted by Gasteiger charge is 2.45. The van der Waals surface area contributed by atoms with Crippen molar-refractivity contribution < 1.29 is 34.1 Å². The maximum absolute atomic E-state index is 12.9. The predicted octanol–water partition coefficient (Wildman–Crippen LogP) is 3.51. The van der Waals surface area contributed by atoms with Gasteiger partial charge in [0.25, 0.3) is 0 Å². The maximum Gasteiger partial charge on any atom is 0.311 e. The molecule has 7 atom stereocenters. The van der Waals surface area contributed by atoms with Gasteiger partial charge in [-0.2, -0.15) is 0 Å². The Morgan fingerprint density at radius 2 is 2.00 bits per heavy atom. The molecule has 0 spiro atoms. The maximum atomic E-state index is 12.9. The fraction of sp³-hybridized carbons (Fsp3) is 0.720. The van der Waals surface area contributed by atoms with E-state index in [-0.39, 0.29) is 42.7 Å². The summed E-state index contributed by atoms with van der Waals surface area (Å²) < 4.78 is 11.1. The highest BCUT2D eigenvalue weighted by Crippen LogP contribution is 2.46. The molecule has 1 heterocycles. The Morgan fingerprint density at radius 3 is 2.62 bits per heavy atom. The summed E-state index contributed by atoms with van der Waals surface area (Å²) in [5.74, 6) is -2.78. The van der Waals surface area contributed by atoms with E-state index in [0.29, 0.717) is 25.7 Å². The molecule has 2 N–H and O–H groups in total. The van der Waals surface area contributed by atoms with Gasteiger partial charge < -0.3 is 19.7 Å². The van der Waals surface area contributed by atoms with Gasteiger partial charge >= 0.3 is 17.9 Å². The number of carboxylic acid groups (broad SMARTS) is 1. The van der Waals surface area contributed by atoms with Crippen LogP contribution in [0.25, 0.3) is 0 Å². The van der Waals surface area contributed by atoms with Gasteiger partial charge in [0, 0.05) is 18.8 Å². The Morgan fingerprint density at radius 1 is 1.28 bits per heavy atom. The molecule has 1 unspecified atom stereocenters. The third-order valence-corrected chi connectivity index (χ3v) is 7.64. The van der Waals surface area contributed by atoms with Crippen molar-refractivity contribution in [1.82, 2.24) is 0 Å². The lowest BCUT2D eigenvalue weighted by Gasteiger charge is -2.44. The number of carbonyl (C=O) groups is 3. The SMILES string of the molecule is CCC(C)(C)C(=O)O[C@H]1C[C@@H](C(=O)O)C=C2C=C[C@H](C)[C@H](CCC3C(=O)OCC[C@H]3O)[C@H]21. The van der Waals surface area contributed by atoms with Gasteiger partial charge in [-0.1, -0.05) is 32.1 Å². The van der Waals surface area contributed by atoms with Crippen molar-refractivity contribution in [3.8, 4) is 0 Å². The fourth-order valence-electron chi connectivity index (χ4n) is 5.05. The van der Waals surface area contributed by atoms with E-state index in [0.717, 1.165) is 5.57 Å². The second-order valence-electron chi connectivity index (χ2n) is 10.1. The summed E-state index contributed by atoms with van der Waals surface area (Å²) in [6.45, 7) is 7.93. The molecule has 7 heteroatoms. The van der Waals surface area contributed by atoms with Gasteiger partial charge in [0.1, 0.15) is 6.10 Å².